The summed E-state index contributed by atoms with van der Waals surface area (Å²) in [5, 5.41) is 0.669. The standard InChI is InChI=1S/C16H19BrClN3O2/c1-2-23-16(22)11-4-3-7-20(8-11)10-13-15(17)21-9-12(18)5-6-14(21)19-13/h5-6,9,11H,2-4,7-8,10H2,1H3. The average Bonchev–Trinajstić information content (AvgIpc) is 2.84. The summed E-state index contributed by atoms with van der Waals surface area (Å²) >= 11 is 9.65. The molecule has 0 amide bonds. The van der Waals surface area contributed by atoms with E-state index in [4.69, 9.17) is 16.3 Å². The van der Waals surface area contributed by atoms with Gasteiger partial charge in [0.05, 0.1) is 23.2 Å². The fourth-order valence-electron chi connectivity index (χ4n) is 3.00. The summed E-state index contributed by atoms with van der Waals surface area (Å²) in [7, 11) is 0. The maximum Gasteiger partial charge on any atom is 0.310 e. The second-order valence-corrected chi connectivity index (χ2v) is 6.94. The number of nitrogens with zero attached hydrogens (tertiary/aromatic N) is 3. The molecule has 2 aromatic rings. The van der Waals surface area contributed by atoms with Crippen molar-refractivity contribution < 1.29 is 9.53 Å². The lowest BCUT2D eigenvalue weighted by atomic mass is 9.98. The predicted octanol–water partition coefficient (Wildman–Crippen LogP) is 3.53. The Morgan fingerprint density at radius 2 is 2.35 bits per heavy atom. The third-order valence-electron chi connectivity index (χ3n) is 4.09. The molecule has 3 heterocycles. The number of hydrogen-bond donors (Lipinski definition) is 0. The highest BCUT2D eigenvalue weighted by atomic mass is 79.9. The van der Waals surface area contributed by atoms with E-state index in [0.29, 0.717) is 18.2 Å². The van der Waals surface area contributed by atoms with Crippen LogP contribution in [0.1, 0.15) is 25.5 Å². The Kier molecular flexibility index (Phi) is 5.24. The fourth-order valence-corrected chi connectivity index (χ4v) is 3.66. The molecule has 0 aromatic carbocycles. The van der Waals surface area contributed by atoms with Crippen LogP contribution in [0.2, 0.25) is 5.02 Å². The third kappa shape index (κ3) is 3.70. The van der Waals surface area contributed by atoms with E-state index in [1.165, 1.54) is 0 Å². The van der Waals surface area contributed by atoms with Gasteiger partial charge in [-0.15, -0.1) is 0 Å². The van der Waals surface area contributed by atoms with Gasteiger partial charge in [0.1, 0.15) is 10.3 Å². The van der Waals surface area contributed by atoms with Crippen LogP contribution in [0.15, 0.2) is 22.9 Å². The number of carbonyl (C=O) groups is 1. The van der Waals surface area contributed by atoms with E-state index in [0.717, 1.165) is 41.9 Å². The first kappa shape index (κ1) is 16.7. The zero-order valence-electron chi connectivity index (χ0n) is 13.0. The number of hydrogen-bond acceptors (Lipinski definition) is 4. The summed E-state index contributed by atoms with van der Waals surface area (Å²) in [5.41, 5.74) is 1.81. The van der Waals surface area contributed by atoms with Crippen LogP contribution < -0.4 is 0 Å². The Labute approximate surface area is 148 Å². The largest absolute Gasteiger partial charge is 0.466 e. The Morgan fingerprint density at radius 3 is 3.13 bits per heavy atom. The Bertz CT molecular complexity index is 719. The number of aromatic nitrogens is 2. The molecule has 3 rings (SSSR count). The number of likely N-dealkylation sites (tertiary alicyclic amines) is 1. The Morgan fingerprint density at radius 1 is 1.52 bits per heavy atom. The molecule has 1 atom stereocenters. The van der Waals surface area contributed by atoms with Gasteiger partial charge < -0.3 is 4.74 Å². The van der Waals surface area contributed by atoms with Crippen molar-refractivity contribution in [3.8, 4) is 0 Å². The van der Waals surface area contributed by atoms with Gasteiger partial charge in [-0.3, -0.25) is 14.1 Å². The summed E-state index contributed by atoms with van der Waals surface area (Å²) < 4.78 is 8.00. The molecule has 0 saturated carbocycles. The van der Waals surface area contributed by atoms with E-state index in [9.17, 15) is 4.79 Å². The highest BCUT2D eigenvalue weighted by Gasteiger charge is 2.27. The molecular formula is C16H19BrClN3O2. The second-order valence-electron chi connectivity index (χ2n) is 5.75. The van der Waals surface area contributed by atoms with Crippen molar-refractivity contribution in [2.45, 2.75) is 26.3 Å². The van der Waals surface area contributed by atoms with E-state index in [-0.39, 0.29) is 11.9 Å². The van der Waals surface area contributed by atoms with Gasteiger partial charge in [-0.1, -0.05) is 11.6 Å². The number of esters is 1. The molecule has 0 radical (unpaired) electrons. The smallest absolute Gasteiger partial charge is 0.310 e. The number of piperidine rings is 1. The van der Waals surface area contributed by atoms with Crippen LogP contribution in [0, 0.1) is 5.92 Å². The van der Waals surface area contributed by atoms with Crippen LogP contribution in [-0.4, -0.2) is 40.0 Å². The third-order valence-corrected chi connectivity index (χ3v) is 5.15. The lowest BCUT2D eigenvalue weighted by Gasteiger charge is -2.30. The minimum absolute atomic E-state index is 0.0334. The van der Waals surface area contributed by atoms with Gasteiger partial charge in [0.2, 0.25) is 0 Å². The van der Waals surface area contributed by atoms with Crippen LogP contribution in [0.25, 0.3) is 5.65 Å². The monoisotopic (exact) mass is 399 g/mol. The maximum atomic E-state index is 11.9. The first-order chi connectivity index (χ1) is 11.1. The molecule has 124 valence electrons. The van der Waals surface area contributed by atoms with E-state index in [1.807, 2.05) is 29.7 Å². The zero-order chi connectivity index (χ0) is 16.4. The van der Waals surface area contributed by atoms with Crippen molar-refractivity contribution in [2.24, 2.45) is 5.92 Å². The van der Waals surface area contributed by atoms with Crippen LogP contribution in [0.5, 0.6) is 0 Å². The van der Waals surface area contributed by atoms with Crippen molar-refractivity contribution in [1.29, 1.82) is 0 Å². The van der Waals surface area contributed by atoms with E-state index >= 15 is 0 Å². The van der Waals surface area contributed by atoms with Crippen molar-refractivity contribution in [3.05, 3.63) is 33.6 Å². The van der Waals surface area contributed by atoms with Crippen LogP contribution in [0.3, 0.4) is 0 Å². The molecule has 23 heavy (non-hydrogen) atoms. The molecule has 5 nitrogen and oxygen atoms in total. The number of rotatable bonds is 4. The highest BCUT2D eigenvalue weighted by molar-refractivity contribution is 9.10. The van der Waals surface area contributed by atoms with Crippen molar-refractivity contribution in [1.82, 2.24) is 14.3 Å². The number of imidazole rings is 1. The molecule has 1 aliphatic rings. The van der Waals surface area contributed by atoms with Crippen LogP contribution >= 0.6 is 27.5 Å². The van der Waals surface area contributed by atoms with Crippen molar-refractivity contribution in [2.75, 3.05) is 19.7 Å². The molecule has 0 aliphatic carbocycles. The fraction of sp³-hybridized carbons (Fsp3) is 0.500. The van der Waals surface area contributed by atoms with Crippen LogP contribution in [0.4, 0.5) is 0 Å². The molecular weight excluding hydrogens is 382 g/mol. The zero-order valence-corrected chi connectivity index (χ0v) is 15.3. The molecule has 2 aromatic heterocycles. The van der Waals surface area contributed by atoms with Gasteiger partial charge in [0, 0.05) is 19.3 Å². The summed E-state index contributed by atoms with van der Waals surface area (Å²) in [6.07, 6.45) is 3.74. The number of ether oxygens (including phenoxy) is 1. The molecule has 0 N–H and O–H groups in total. The molecule has 1 unspecified atom stereocenters. The first-order valence-corrected chi connectivity index (χ1v) is 8.96. The lowest BCUT2D eigenvalue weighted by molar-refractivity contribution is -0.150. The average molecular weight is 401 g/mol. The number of pyridine rings is 1. The van der Waals surface area contributed by atoms with Gasteiger partial charge in [-0.2, -0.15) is 0 Å². The maximum absolute atomic E-state index is 11.9. The lowest BCUT2D eigenvalue weighted by Crippen LogP contribution is -2.39. The minimum atomic E-state index is -0.0851. The summed E-state index contributed by atoms with van der Waals surface area (Å²) in [4.78, 5) is 18.9. The highest BCUT2D eigenvalue weighted by Crippen LogP contribution is 2.25. The van der Waals surface area contributed by atoms with Crippen molar-refractivity contribution >= 4 is 39.1 Å². The molecule has 0 bridgehead atoms. The van der Waals surface area contributed by atoms with Gasteiger partial charge in [0.15, 0.2) is 0 Å². The molecule has 1 aliphatic heterocycles. The van der Waals surface area contributed by atoms with Gasteiger partial charge >= 0.3 is 5.97 Å². The van der Waals surface area contributed by atoms with Gasteiger partial charge in [-0.05, 0) is 54.4 Å². The summed E-state index contributed by atoms with van der Waals surface area (Å²) in [5.74, 6) is -0.119. The number of carbonyl (C=O) groups excluding carboxylic acids is 1. The van der Waals surface area contributed by atoms with Crippen molar-refractivity contribution in [3.63, 3.8) is 0 Å². The number of fused-ring (bicyclic) bond motifs is 1. The summed E-state index contributed by atoms with van der Waals surface area (Å²) in [6, 6.07) is 3.73. The van der Waals surface area contributed by atoms with Gasteiger partial charge in [-0.25, -0.2) is 4.98 Å². The van der Waals surface area contributed by atoms with Crippen LogP contribution in [-0.2, 0) is 16.1 Å². The quantitative estimate of drug-likeness (QED) is 0.737. The van der Waals surface area contributed by atoms with E-state index in [2.05, 4.69) is 25.8 Å². The Balaban J connectivity index is 1.74. The minimum Gasteiger partial charge on any atom is -0.466 e. The second kappa shape index (κ2) is 7.20. The van der Waals surface area contributed by atoms with E-state index < -0.39 is 0 Å². The number of halogens is 2. The summed E-state index contributed by atoms with van der Waals surface area (Å²) in [6.45, 7) is 4.68. The predicted molar refractivity (Wildman–Crippen MR) is 92.5 cm³/mol. The Hall–Kier alpha value is -1.11. The first-order valence-electron chi connectivity index (χ1n) is 7.79. The molecule has 0 spiro atoms. The van der Waals surface area contributed by atoms with E-state index in [1.54, 1.807) is 0 Å². The molecule has 7 heteroatoms. The molecule has 1 fully saturated rings. The molecule has 1 saturated heterocycles. The van der Waals surface area contributed by atoms with Gasteiger partial charge in [0.25, 0.3) is 0 Å². The topological polar surface area (TPSA) is 46.8 Å². The normalized spacial score (nSPS) is 19.2. The SMILES string of the molecule is CCOC(=O)C1CCCN(Cc2nc3ccc(Cl)cn3c2Br)C1.